The molecule has 1 aliphatic carbocycles. The summed E-state index contributed by atoms with van der Waals surface area (Å²) in [6, 6.07) is 10.3. The highest BCUT2D eigenvalue weighted by molar-refractivity contribution is 6.37. The molecular weight excluding hydrogens is 321 g/mol. The molecule has 2 aromatic carbocycles. The number of allylic oxidation sites excluding steroid dienone is 2. The van der Waals surface area contributed by atoms with E-state index in [1.54, 1.807) is 36.4 Å². The van der Waals surface area contributed by atoms with Gasteiger partial charge in [-0.1, -0.05) is 41.4 Å². The minimum absolute atomic E-state index is 0.155. The Bertz CT molecular complexity index is 826. The molecule has 0 bridgehead atoms. The van der Waals surface area contributed by atoms with E-state index in [1.807, 2.05) is 0 Å². The van der Waals surface area contributed by atoms with Gasteiger partial charge in [0, 0.05) is 28.1 Å². The molecule has 1 aliphatic heterocycles. The molecule has 0 amide bonds. The lowest BCUT2D eigenvalue weighted by Gasteiger charge is -2.03. The van der Waals surface area contributed by atoms with Gasteiger partial charge in [-0.25, -0.2) is 0 Å². The summed E-state index contributed by atoms with van der Waals surface area (Å²) in [6.07, 6.45) is 0.355. The molecule has 0 atom stereocenters. The maximum atomic E-state index is 12.6. The number of rotatable bonds is 0. The number of hydrogen-bond acceptors (Lipinski definition) is 3. The van der Waals surface area contributed by atoms with Crippen molar-refractivity contribution in [1.29, 1.82) is 0 Å². The zero-order valence-corrected chi connectivity index (χ0v) is 12.8. The number of halogens is 2. The number of Topliss-reactive ketones (excluding diaryl/α,β-unsaturated/α-hetero) is 2. The van der Waals surface area contributed by atoms with Crippen molar-refractivity contribution in [1.82, 2.24) is 0 Å². The van der Waals surface area contributed by atoms with Crippen molar-refractivity contribution in [3.8, 4) is 0 Å². The van der Waals surface area contributed by atoms with Crippen molar-refractivity contribution in [3.05, 3.63) is 74.4 Å². The fourth-order valence-corrected chi connectivity index (χ4v) is 3.41. The molecule has 0 aromatic heterocycles. The van der Waals surface area contributed by atoms with Crippen LogP contribution in [0.5, 0.6) is 0 Å². The lowest BCUT2D eigenvalue weighted by atomic mass is 10.1. The summed E-state index contributed by atoms with van der Waals surface area (Å²) in [5.74, 6) is -0.359. The van der Waals surface area contributed by atoms with E-state index in [9.17, 15) is 9.59 Å². The van der Waals surface area contributed by atoms with E-state index in [-0.39, 0.29) is 11.6 Å². The molecule has 2 aromatic rings. The number of anilines is 1. The normalized spacial score (nSPS) is 19.2. The second kappa shape index (κ2) is 4.70. The van der Waals surface area contributed by atoms with E-state index < -0.39 is 0 Å². The summed E-state index contributed by atoms with van der Waals surface area (Å²) in [5.41, 5.74) is 3.14. The van der Waals surface area contributed by atoms with Gasteiger partial charge in [0.15, 0.2) is 5.78 Å². The molecule has 2 aliphatic rings. The average molecular weight is 330 g/mol. The third-order valence-corrected chi connectivity index (χ3v) is 4.70. The average Bonchev–Trinajstić information content (AvgIpc) is 3.01. The molecule has 0 fully saturated rings. The third kappa shape index (κ3) is 1.76. The molecular formula is C17H9Cl2NO2. The Hall–Kier alpha value is -2.10. The maximum absolute atomic E-state index is 12.6. The van der Waals surface area contributed by atoms with Crippen LogP contribution in [0.1, 0.15) is 26.3 Å². The van der Waals surface area contributed by atoms with Gasteiger partial charge in [-0.2, -0.15) is 0 Å². The molecule has 0 radical (unpaired) electrons. The van der Waals surface area contributed by atoms with Gasteiger partial charge in [-0.05, 0) is 23.8 Å². The molecule has 4 rings (SSSR count). The van der Waals surface area contributed by atoms with Crippen LogP contribution in [0.15, 0.2) is 47.7 Å². The Kier molecular flexibility index (Phi) is 2.90. The topological polar surface area (TPSA) is 46.2 Å². The van der Waals surface area contributed by atoms with Gasteiger partial charge in [-0.3, -0.25) is 9.59 Å². The van der Waals surface area contributed by atoms with Crippen LogP contribution in [-0.2, 0) is 6.42 Å². The summed E-state index contributed by atoms with van der Waals surface area (Å²) >= 11 is 12.3. The van der Waals surface area contributed by atoms with Gasteiger partial charge in [0.1, 0.15) is 0 Å². The van der Waals surface area contributed by atoms with E-state index in [4.69, 9.17) is 23.2 Å². The number of benzene rings is 2. The van der Waals surface area contributed by atoms with Gasteiger partial charge < -0.3 is 5.32 Å². The fraction of sp³-hybridized carbons (Fsp3) is 0.0588. The van der Waals surface area contributed by atoms with Gasteiger partial charge in [0.05, 0.1) is 16.4 Å². The minimum atomic E-state index is -0.204. The summed E-state index contributed by atoms with van der Waals surface area (Å²) in [5, 5.41) is 4.02. The molecule has 22 heavy (non-hydrogen) atoms. The predicted molar refractivity (Wildman–Crippen MR) is 85.9 cm³/mol. The van der Waals surface area contributed by atoms with Crippen LogP contribution < -0.4 is 5.32 Å². The summed E-state index contributed by atoms with van der Waals surface area (Å²) in [7, 11) is 0. The third-order valence-electron chi connectivity index (χ3n) is 4.03. The number of para-hydroxylation sites is 1. The maximum Gasteiger partial charge on any atom is 0.211 e. The Morgan fingerprint density at radius 2 is 1.55 bits per heavy atom. The molecule has 0 spiro atoms. The van der Waals surface area contributed by atoms with Crippen LogP contribution in [0.2, 0.25) is 10.0 Å². The smallest absolute Gasteiger partial charge is 0.211 e. The fourth-order valence-electron chi connectivity index (χ4n) is 2.94. The van der Waals surface area contributed by atoms with Crippen LogP contribution in [0.3, 0.4) is 0 Å². The summed E-state index contributed by atoms with van der Waals surface area (Å²) in [4.78, 5) is 25.1. The molecule has 1 heterocycles. The number of hydrogen-bond donors (Lipinski definition) is 1. The van der Waals surface area contributed by atoms with Crippen molar-refractivity contribution < 1.29 is 9.59 Å². The number of fused-ring (bicyclic) bond motifs is 2. The van der Waals surface area contributed by atoms with Crippen molar-refractivity contribution in [3.63, 3.8) is 0 Å². The monoisotopic (exact) mass is 329 g/mol. The molecule has 0 saturated carbocycles. The first-order valence-corrected chi connectivity index (χ1v) is 7.49. The van der Waals surface area contributed by atoms with Crippen LogP contribution in [-0.4, -0.2) is 11.6 Å². The van der Waals surface area contributed by atoms with E-state index >= 15 is 0 Å². The molecule has 1 N–H and O–H groups in total. The Morgan fingerprint density at radius 3 is 2.23 bits per heavy atom. The Balaban J connectivity index is 1.86. The van der Waals surface area contributed by atoms with Gasteiger partial charge in [0.25, 0.3) is 0 Å². The van der Waals surface area contributed by atoms with E-state index in [2.05, 4.69) is 5.32 Å². The predicted octanol–water partition coefficient (Wildman–Crippen LogP) is 4.29. The number of carbonyl (C=O) groups excluding carboxylic acids is 2. The SMILES string of the molecule is O=C1/C(=C2\Nc3c(Cl)cccc3C2=O)Cc2c(Cl)cccc21. The zero-order chi connectivity index (χ0) is 15.4. The highest BCUT2D eigenvalue weighted by Gasteiger charge is 2.35. The molecule has 3 nitrogen and oxygen atoms in total. The quantitative estimate of drug-likeness (QED) is 0.733. The first-order valence-electron chi connectivity index (χ1n) is 6.73. The standard InChI is InChI=1S/C17H9Cl2NO2/c18-12-5-1-3-8-10(12)7-11(16(8)21)15-17(22)9-4-2-6-13(19)14(9)20-15/h1-6,20H,7H2/b15-11-. The zero-order valence-electron chi connectivity index (χ0n) is 11.2. The molecule has 0 unspecified atom stereocenters. The van der Waals surface area contributed by atoms with Gasteiger partial charge in [0.2, 0.25) is 5.78 Å². The van der Waals surface area contributed by atoms with E-state index in [0.717, 1.165) is 5.56 Å². The summed E-state index contributed by atoms with van der Waals surface area (Å²) < 4.78 is 0. The van der Waals surface area contributed by atoms with Gasteiger partial charge in [-0.15, -0.1) is 0 Å². The van der Waals surface area contributed by atoms with E-state index in [0.29, 0.717) is 44.6 Å². The number of ketones is 2. The second-order valence-electron chi connectivity index (χ2n) is 5.24. The van der Waals surface area contributed by atoms with E-state index in [1.165, 1.54) is 0 Å². The van der Waals surface area contributed by atoms with Crippen LogP contribution in [0.25, 0.3) is 0 Å². The largest absolute Gasteiger partial charge is 0.350 e. The molecule has 5 heteroatoms. The van der Waals surface area contributed by atoms with Crippen molar-refractivity contribution in [2.75, 3.05) is 5.32 Å². The van der Waals surface area contributed by atoms with Crippen LogP contribution >= 0.6 is 23.2 Å². The number of carbonyl (C=O) groups is 2. The first kappa shape index (κ1) is 13.6. The van der Waals surface area contributed by atoms with Gasteiger partial charge >= 0.3 is 0 Å². The minimum Gasteiger partial charge on any atom is -0.350 e. The lowest BCUT2D eigenvalue weighted by molar-refractivity contribution is 0.101. The highest BCUT2D eigenvalue weighted by Crippen LogP contribution is 2.39. The van der Waals surface area contributed by atoms with Crippen LogP contribution in [0.4, 0.5) is 5.69 Å². The van der Waals surface area contributed by atoms with Crippen molar-refractivity contribution in [2.24, 2.45) is 0 Å². The number of nitrogens with one attached hydrogen (secondary N) is 1. The lowest BCUT2D eigenvalue weighted by Crippen LogP contribution is -2.09. The van der Waals surface area contributed by atoms with Crippen LogP contribution in [0, 0.1) is 0 Å². The van der Waals surface area contributed by atoms with Crippen molar-refractivity contribution in [2.45, 2.75) is 6.42 Å². The molecule has 108 valence electrons. The molecule has 0 saturated heterocycles. The Labute approximate surface area is 136 Å². The van der Waals surface area contributed by atoms with Crippen molar-refractivity contribution >= 4 is 40.5 Å². The Morgan fingerprint density at radius 1 is 0.864 bits per heavy atom. The summed E-state index contributed by atoms with van der Waals surface area (Å²) in [6.45, 7) is 0. The second-order valence-corrected chi connectivity index (χ2v) is 6.06. The highest BCUT2D eigenvalue weighted by atomic mass is 35.5. The first-order chi connectivity index (χ1) is 10.6.